The van der Waals surface area contributed by atoms with Crippen molar-refractivity contribution in [1.29, 1.82) is 0 Å². The number of allylic oxidation sites excluding steroid dienone is 4. The van der Waals surface area contributed by atoms with Gasteiger partial charge in [-0.1, -0.05) is 141 Å². The van der Waals surface area contributed by atoms with Crippen molar-refractivity contribution in [3.05, 3.63) is 24.3 Å². The van der Waals surface area contributed by atoms with E-state index in [4.69, 9.17) is 18.5 Å². The van der Waals surface area contributed by atoms with E-state index in [9.17, 15) is 19.0 Å². The Morgan fingerprint density at radius 1 is 0.556 bits per heavy atom. The van der Waals surface area contributed by atoms with Crippen LogP contribution in [0.2, 0.25) is 0 Å². The second kappa shape index (κ2) is 37.1. The largest absolute Gasteiger partial charge is 0.472 e. The summed E-state index contributed by atoms with van der Waals surface area (Å²) in [4.78, 5) is 35.3. The summed E-state index contributed by atoms with van der Waals surface area (Å²) in [6, 6.07) is 0. The third kappa shape index (κ3) is 40.2. The molecule has 0 heterocycles. The summed E-state index contributed by atoms with van der Waals surface area (Å²) in [5, 5.41) is 0. The number of carbonyl (C=O) groups excluding carboxylic acids is 2. The van der Waals surface area contributed by atoms with Gasteiger partial charge in [-0.05, 0) is 64.2 Å². The minimum absolute atomic E-state index is 0.0266. The van der Waals surface area contributed by atoms with Crippen LogP contribution in [0.3, 0.4) is 0 Å². The molecular weight excluding hydrogens is 701 g/mol. The van der Waals surface area contributed by atoms with Crippen molar-refractivity contribution in [2.24, 2.45) is 0 Å². The second-order valence-electron chi connectivity index (χ2n) is 16.1. The molecule has 1 unspecified atom stereocenters. The van der Waals surface area contributed by atoms with Crippen LogP contribution >= 0.6 is 7.82 Å². The average molecular weight is 787 g/mol. The van der Waals surface area contributed by atoms with Gasteiger partial charge in [0, 0.05) is 12.8 Å². The Hall–Kier alpha value is -1.51. The Kier molecular flexibility index (Phi) is 36.1. The summed E-state index contributed by atoms with van der Waals surface area (Å²) in [6.45, 7) is 4.38. The summed E-state index contributed by atoms with van der Waals surface area (Å²) in [6.07, 6.45) is 39.4. The lowest BCUT2D eigenvalue weighted by atomic mass is 10.1. The molecule has 0 bridgehead atoms. The van der Waals surface area contributed by atoms with Crippen molar-refractivity contribution < 1.29 is 42.1 Å². The molecule has 9 nitrogen and oxygen atoms in total. The lowest BCUT2D eigenvalue weighted by Crippen LogP contribution is -2.37. The zero-order valence-electron chi connectivity index (χ0n) is 35.7. The maximum Gasteiger partial charge on any atom is 0.472 e. The molecule has 0 aliphatic rings. The first-order chi connectivity index (χ1) is 26.0. The number of quaternary nitrogens is 1. The number of nitrogens with zero attached hydrogens (tertiary/aromatic N) is 1. The molecule has 0 radical (unpaired) electrons. The lowest BCUT2D eigenvalue weighted by Gasteiger charge is -2.24. The molecule has 54 heavy (non-hydrogen) atoms. The minimum atomic E-state index is -4.38. The van der Waals surface area contributed by atoms with Crippen LogP contribution in [-0.4, -0.2) is 74.9 Å². The van der Waals surface area contributed by atoms with E-state index < -0.39 is 32.5 Å². The van der Waals surface area contributed by atoms with Gasteiger partial charge in [-0.2, -0.15) is 0 Å². The van der Waals surface area contributed by atoms with Crippen molar-refractivity contribution in [2.45, 2.75) is 200 Å². The number of hydrogen-bond acceptors (Lipinski definition) is 7. The van der Waals surface area contributed by atoms with E-state index in [1.807, 2.05) is 21.1 Å². The highest BCUT2D eigenvalue weighted by atomic mass is 31.2. The van der Waals surface area contributed by atoms with Crippen molar-refractivity contribution in [3.8, 4) is 0 Å². The zero-order valence-corrected chi connectivity index (χ0v) is 36.6. The van der Waals surface area contributed by atoms with Gasteiger partial charge < -0.3 is 18.9 Å². The Morgan fingerprint density at radius 2 is 0.944 bits per heavy atom. The first kappa shape index (κ1) is 52.5. The Morgan fingerprint density at radius 3 is 1.37 bits per heavy atom. The van der Waals surface area contributed by atoms with Crippen molar-refractivity contribution in [2.75, 3.05) is 47.5 Å². The lowest BCUT2D eigenvalue weighted by molar-refractivity contribution is -0.870. The van der Waals surface area contributed by atoms with Gasteiger partial charge in [0.25, 0.3) is 0 Å². The maximum atomic E-state index is 12.7. The average Bonchev–Trinajstić information content (AvgIpc) is 3.12. The van der Waals surface area contributed by atoms with Gasteiger partial charge >= 0.3 is 19.8 Å². The van der Waals surface area contributed by atoms with Gasteiger partial charge in [0.15, 0.2) is 6.10 Å². The quantitative estimate of drug-likeness (QED) is 0.0215. The van der Waals surface area contributed by atoms with Crippen LogP contribution in [0.25, 0.3) is 0 Å². The molecule has 0 aromatic carbocycles. The number of phosphoric ester groups is 1. The third-order valence-corrected chi connectivity index (χ3v) is 10.4. The molecular formula is C44H85NO8P+. The molecule has 0 aliphatic heterocycles. The van der Waals surface area contributed by atoms with E-state index >= 15 is 0 Å². The summed E-state index contributed by atoms with van der Waals surface area (Å²) in [7, 11) is 1.46. The standard InChI is InChI=1S/C44H84NO8P/c1-6-8-10-12-14-16-18-20-22-24-26-28-30-32-34-36-43(46)50-40-42(41-52-54(48,49)51-39-38-45(3,4)5)53-44(47)37-35-33-31-29-27-25-23-21-19-17-15-13-11-9-7-2/h26-29,42H,6-25,30-41H2,1-5H3/p+1/b28-26+,29-27+/t42-/m1/s1. The molecule has 0 aliphatic carbocycles. The normalized spacial score (nSPS) is 13.8. The van der Waals surface area contributed by atoms with Gasteiger partial charge in [-0.15, -0.1) is 0 Å². The highest BCUT2D eigenvalue weighted by Crippen LogP contribution is 2.43. The third-order valence-electron chi connectivity index (χ3n) is 9.45. The van der Waals surface area contributed by atoms with Crippen LogP contribution in [-0.2, 0) is 32.7 Å². The van der Waals surface area contributed by atoms with Gasteiger partial charge in [0.05, 0.1) is 27.7 Å². The van der Waals surface area contributed by atoms with E-state index in [1.165, 1.54) is 116 Å². The van der Waals surface area contributed by atoms with Crippen LogP contribution in [0, 0.1) is 0 Å². The molecule has 318 valence electrons. The number of esters is 2. The van der Waals surface area contributed by atoms with Crippen LogP contribution < -0.4 is 0 Å². The maximum absolute atomic E-state index is 12.7. The summed E-state index contributed by atoms with van der Waals surface area (Å²) < 4.78 is 34.2. The van der Waals surface area contributed by atoms with Gasteiger partial charge in [0.1, 0.15) is 19.8 Å². The first-order valence-electron chi connectivity index (χ1n) is 22.1. The molecule has 0 aromatic heterocycles. The number of rotatable bonds is 40. The van der Waals surface area contributed by atoms with Crippen LogP contribution in [0.4, 0.5) is 0 Å². The Labute approximate surface area is 332 Å². The highest BCUT2D eigenvalue weighted by molar-refractivity contribution is 7.47. The summed E-state index contributed by atoms with van der Waals surface area (Å²) in [5.74, 6) is -0.846. The predicted octanol–water partition coefficient (Wildman–Crippen LogP) is 12.4. The van der Waals surface area contributed by atoms with Crippen molar-refractivity contribution in [3.63, 3.8) is 0 Å². The van der Waals surface area contributed by atoms with E-state index in [-0.39, 0.29) is 26.1 Å². The molecule has 0 saturated carbocycles. The molecule has 2 atom stereocenters. The highest BCUT2D eigenvalue weighted by Gasteiger charge is 2.27. The molecule has 0 spiro atoms. The van der Waals surface area contributed by atoms with Gasteiger partial charge in [-0.3, -0.25) is 18.6 Å². The van der Waals surface area contributed by atoms with E-state index in [2.05, 4.69) is 38.2 Å². The number of likely N-dealkylation sites (N-methyl/N-ethyl adjacent to an activating group) is 1. The number of ether oxygens (including phenoxy) is 2. The number of unbranched alkanes of at least 4 members (excludes halogenated alkanes) is 22. The Bertz CT molecular complexity index is 980. The molecule has 0 fully saturated rings. The van der Waals surface area contributed by atoms with E-state index in [0.29, 0.717) is 23.9 Å². The van der Waals surface area contributed by atoms with Crippen LogP contribution in [0.15, 0.2) is 24.3 Å². The number of carbonyl (C=O) groups is 2. The van der Waals surface area contributed by atoms with E-state index in [0.717, 1.165) is 38.5 Å². The SMILES string of the molecule is CCCCCCCCCCC/C=C/CCCCC(=O)OC[C@H](COP(=O)(O)OCC[N+](C)(C)C)OC(=O)CCCC/C=C/CCCCCCCCCCC. The smallest absolute Gasteiger partial charge is 0.462 e. The number of phosphoric acid groups is 1. The molecule has 1 N–H and O–H groups in total. The first-order valence-corrected chi connectivity index (χ1v) is 23.6. The molecule has 0 aromatic rings. The summed E-state index contributed by atoms with van der Waals surface area (Å²) in [5.41, 5.74) is 0. The van der Waals surface area contributed by atoms with Crippen LogP contribution in [0.1, 0.15) is 194 Å². The zero-order chi connectivity index (χ0) is 40.0. The van der Waals surface area contributed by atoms with Crippen LogP contribution in [0.5, 0.6) is 0 Å². The summed E-state index contributed by atoms with van der Waals surface area (Å²) >= 11 is 0. The molecule has 0 rings (SSSR count). The van der Waals surface area contributed by atoms with Crippen molar-refractivity contribution >= 4 is 19.8 Å². The Balaban J connectivity index is 4.41. The predicted molar refractivity (Wildman–Crippen MR) is 224 cm³/mol. The van der Waals surface area contributed by atoms with E-state index in [1.54, 1.807) is 0 Å². The topological polar surface area (TPSA) is 108 Å². The number of hydrogen-bond donors (Lipinski definition) is 1. The molecule has 0 amide bonds. The monoisotopic (exact) mass is 787 g/mol. The van der Waals surface area contributed by atoms with Crippen molar-refractivity contribution in [1.82, 2.24) is 0 Å². The van der Waals surface area contributed by atoms with Gasteiger partial charge in [0.2, 0.25) is 0 Å². The molecule has 0 saturated heterocycles. The minimum Gasteiger partial charge on any atom is -0.462 e. The fraction of sp³-hybridized carbons (Fsp3) is 0.864. The second-order valence-corrected chi connectivity index (χ2v) is 17.5. The molecule has 10 heteroatoms. The van der Waals surface area contributed by atoms with Gasteiger partial charge in [-0.25, -0.2) is 4.57 Å². The fourth-order valence-electron chi connectivity index (χ4n) is 5.94. The fourth-order valence-corrected chi connectivity index (χ4v) is 6.69.